The average Bonchev–Trinajstić information content (AvgIpc) is 2.85. The van der Waals surface area contributed by atoms with Gasteiger partial charge in [0.05, 0.1) is 31.2 Å². The molecule has 17 heteroatoms. The number of ether oxygens (including phenoxy) is 4. The number of aliphatic hydroxyl groups excluding tert-OH is 6. The van der Waals surface area contributed by atoms with Gasteiger partial charge in [0.15, 0.2) is 12.6 Å². The lowest BCUT2D eigenvalue weighted by Crippen LogP contribution is -2.64. The highest BCUT2D eigenvalue weighted by atomic mass is 31.2. The molecule has 0 saturated carbocycles. The van der Waals surface area contributed by atoms with E-state index >= 15 is 0 Å². The third-order valence-electron chi connectivity index (χ3n) is 6.32. The van der Waals surface area contributed by atoms with E-state index in [-0.39, 0.29) is 24.4 Å². The second-order valence-electron chi connectivity index (χ2n) is 8.95. The fourth-order valence-electron chi connectivity index (χ4n) is 4.12. The van der Waals surface area contributed by atoms with Gasteiger partial charge in [-0.05, 0) is 13.3 Å². The third kappa shape index (κ3) is 6.80. The van der Waals surface area contributed by atoms with Crippen LogP contribution in [0, 0.1) is 6.92 Å². The van der Waals surface area contributed by atoms with Crippen molar-refractivity contribution in [2.24, 2.45) is 0 Å². The highest BCUT2D eigenvalue weighted by Crippen LogP contribution is 2.37. The van der Waals surface area contributed by atoms with Gasteiger partial charge in [0, 0.05) is 12.1 Å². The van der Waals surface area contributed by atoms with Crippen LogP contribution in [0.2, 0.25) is 0 Å². The van der Waals surface area contributed by atoms with Crippen LogP contribution < -0.4 is 16.2 Å². The minimum atomic E-state index is -4.48. The van der Waals surface area contributed by atoms with Gasteiger partial charge < -0.3 is 64.7 Å². The zero-order valence-corrected chi connectivity index (χ0v) is 20.6. The molecule has 0 bridgehead atoms. The summed E-state index contributed by atoms with van der Waals surface area (Å²) >= 11 is 0. The van der Waals surface area contributed by atoms with Crippen LogP contribution in [0.5, 0.6) is 0 Å². The molecular weight excluding hydrogens is 525 g/mol. The topological polar surface area (TPSA) is 262 Å². The Morgan fingerprint density at radius 3 is 2.11 bits per heavy atom. The van der Waals surface area contributed by atoms with Gasteiger partial charge in [0.25, 0.3) is 0 Å². The maximum atomic E-state index is 11.5. The van der Waals surface area contributed by atoms with Crippen LogP contribution in [0.15, 0.2) is 9.59 Å². The molecule has 2 heterocycles. The van der Waals surface area contributed by atoms with E-state index in [1.165, 1.54) is 6.92 Å². The van der Waals surface area contributed by atoms with Gasteiger partial charge in [-0.15, -0.1) is 0 Å². The van der Waals surface area contributed by atoms with Crippen molar-refractivity contribution < 1.29 is 63.9 Å². The van der Waals surface area contributed by atoms with Crippen molar-refractivity contribution in [3.63, 3.8) is 0 Å². The van der Waals surface area contributed by atoms with E-state index in [0.29, 0.717) is 0 Å². The molecule has 3 rings (SSSR count). The largest absolute Gasteiger partial charge is 0.394 e. The van der Waals surface area contributed by atoms with E-state index in [2.05, 4.69) is 5.32 Å². The van der Waals surface area contributed by atoms with Crippen molar-refractivity contribution in [1.82, 2.24) is 0 Å². The van der Waals surface area contributed by atoms with Gasteiger partial charge in [0.2, 0.25) is 10.9 Å². The van der Waals surface area contributed by atoms with Crippen LogP contribution >= 0.6 is 7.60 Å². The van der Waals surface area contributed by atoms with Crippen LogP contribution in [0.25, 0.3) is 0 Å². The zero-order valence-electron chi connectivity index (χ0n) is 19.7. The van der Waals surface area contributed by atoms with Crippen molar-refractivity contribution in [3.05, 3.63) is 26.0 Å². The molecule has 10 atom stereocenters. The molecule has 16 nitrogen and oxygen atoms in total. The summed E-state index contributed by atoms with van der Waals surface area (Å²) in [6.07, 6.45) is -17.4. The van der Waals surface area contributed by atoms with E-state index in [0.717, 1.165) is 0 Å². The maximum absolute atomic E-state index is 11.5. The normalized spacial score (nSPS) is 37.1. The van der Waals surface area contributed by atoms with Crippen LogP contribution in [0.1, 0.15) is 12.0 Å². The number of anilines is 1. The lowest BCUT2D eigenvalue weighted by Gasteiger charge is -2.46. The standard InChI is InChI=1S/C20H32NO15P/c1-7-10(14(26)11(7)23)21-3-4-33-20-18(16(28)13(25)9(6-22)35-20)36-19-17(29)15(27)12(24)8(34-19)2-5-37(30,31)32/h8-9,12-13,15-22,24-25,27-29H,2-6H2,1H3,(H2,30,31,32)/t8?,9?,12-,13-,15+,16+,17?,18?,19-,20+/m1/s1. The molecule has 9 N–H and O–H groups in total. The fraction of sp³-hybridized carbons (Fsp3) is 0.800. The first-order valence-corrected chi connectivity index (χ1v) is 13.2. The molecule has 0 radical (unpaired) electrons. The molecule has 212 valence electrons. The monoisotopic (exact) mass is 557 g/mol. The predicted octanol–water partition coefficient (Wildman–Crippen LogP) is -4.78. The molecule has 37 heavy (non-hydrogen) atoms. The molecule has 0 aliphatic carbocycles. The SMILES string of the molecule is Cc1c(NCCO[C@H]2OC(CO)[C@@H](O)[C@H](O)C2O[C@H]2OC(CCP(=O)(O)O)[C@@H](O)[C@H](O)C2O)c(=O)c1=O. The minimum Gasteiger partial charge on any atom is -0.394 e. The van der Waals surface area contributed by atoms with E-state index in [1.807, 2.05) is 0 Å². The molecule has 0 aromatic heterocycles. The van der Waals surface area contributed by atoms with Crippen molar-refractivity contribution >= 4 is 13.3 Å². The Bertz CT molecular complexity index is 1020. The summed E-state index contributed by atoms with van der Waals surface area (Å²) in [4.78, 5) is 41.1. The molecular formula is C20H32NO15P. The summed E-state index contributed by atoms with van der Waals surface area (Å²) in [5, 5.41) is 63.8. The van der Waals surface area contributed by atoms with E-state index < -0.39 is 99.1 Å². The van der Waals surface area contributed by atoms with Gasteiger partial charge >= 0.3 is 7.60 Å². The molecule has 2 aliphatic heterocycles. The number of hydrogen-bond donors (Lipinski definition) is 9. The maximum Gasteiger partial charge on any atom is 0.325 e. The van der Waals surface area contributed by atoms with Gasteiger partial charge in [0.1, 0.15) is 42.7 Å². The lowest BCUT2D eigenvalue weighted by atomic mass is 9.96. The smallest absolute Gasteiger partial charge is 0.325 e. The summed E-state index contributed by atoms with van der Waals surface area (Å²) in [7, 11) is -4.48. The Hall–Kier alpha value is -1.37. The molecule has 2 aliphatic rings. The summed E-state index contributed by atoms with van der Waals surface area (Å²) < 4.78 is 33.2. The molecule has 2 saturated heterocycles. The van der Waals surface area contributed by atoms with E-state index in [1.54, 1.807) is 0 Å². The zero-order chi connectivity index (χ0) is 27.7. The first kappa shape index (κ1) is 30.2. The molecule has 0 spiro atoms. The molecule has 1 aromatic carbocycles. The minimum absolute atomic E-state index is 0.0125. The highest BCUT2D eigenvalue weighted by Gasteiger charge is 2.51. The Morgan fingerprint density at radius 1 is 0.892 bits per heavy atom. The number of hydrogen-bond acceptors (Lipinski definition) is 14. The summed E-state index contributed by atoms with van der Waals surface area (Å²) in [5.74, 6) is 0. The quantitative estimate of drug-likeness (QED) is 0.0702. The Kier molecular flexibility index (Phi) is 9.96. The third-order valence-corrected chi connectivity index (χ3v) is 7.16. The summed E-state index contributed by atoms with van der Waals surface area (Å²) in [5.41, 5.74) is -0.893. The molecule has 1 aromatic rings. The number of nitrogens with one attached hydrogen (secondary N) is 1. The first-order valence-electron chi connectivity index (χ1n) is 11.4. The van der Waals surface area contributed by atoms with Gasteiger partial charge in [-0.2, -0.15) is 0 Å². The van der Waals surface area contributed by atoms with Gasteiger partial charge in [-0.3, -0.25) is 14.2 Å². The number of rotatable bonds is 11. The second kappa shape index (κ2) is 12.2. The van der Waals surface area contributed by atoms with Crippen LogP contribution in [-0.2, 0) is 23.5 Å². The molecule has 2 fully saturated rings. The average molecular weight is 557 g/mol. The van der Waals surface area contributed by atoms with E-state index in [9.17, 15) is 44.8 Å². The highest BCUT2D eigenvalue weighted by molar-refractivity contribution is 7.51. The van der Waals surface area contributed by atoms with E-state index in [4.69, 9.17) is 28.7 Å². The van der Waals surface area contributed by atoms with Crippen LogP contribution in [0.4, 0.5) is 5.69 Å². The van der Waals surface area contributed by atoms with Crippen LogP contribution in [0.3, 0.4) is 0 Å². The number of aliphatic hydroxyl groups is 6. The Labute approximate surface area is 209 Å². The Balaban J connectivity index is 1.69. The first-order chi connectivity index (χ1) is 17.3. The van der Waals surface area contributed by atoms with Crippen molar-refractivity contribution in [3.8, 4) is 0 Å². The van der Waals surface area contributed by atoms with Crippen molar-refractivity contribution in [2.75, 3.05) is 31.2 Å². The summed E-state index contributed by atoms with van der Waals surface area (Å²) in [6.45, 7) is 0.602. The van der Waals surface area contributed by atoms with Crippen molar-refractivity contribution in [1.29, 1.82) is 0 Å². The fourth-order valence-corrected chi connectivity index (χ4v) is 4.71. The molecule has 4 unspecified atom stereocenters. The predicted molar refractivity (Wildman–Crippen MR) is 121 cm³/mol. The van der Waals surface area contributed by atoms with Gasteiger partial charge in [-0.25, -0.2) is 0 Å². The molecule has 0 amide bonds. The summed E-state index contributed by atoms with van der Waals surface area (Å²) in [6, 6.07) is 0. The van der Waals surface area contributed by atoms with Crippen molar-refractivity contribution in [2.45, 2.75) is 74.8 Å². The Morgan fingerprint density at radius 2 is 1.51 bits per heavy atom. The lowest BCUT2D eigenvalue weighted by molar-refractivity contribution is -0.365. The second-order valence-corrected chi connectivity index (χ2v) is 10.7. The van der Waals surface area contributed by atoms with Crippen LogP contribution in [-0.4, -0.2) is 128 Å². The van der Waals surface area contributed by atoms with Gasteiger partial charge in [-0.1, -0.05) is 0 Å².